The lowest BCUT2D eigenvalue weighted by Gasteiger charge is -2.20. The number of nitrogens with zero attached hydrogens (tertiary/aromatic N) is 1. The third kappa shape index (κ3) is 2.22. The highest BCUT2D eigenvalue weighted by atomic mass is 15.1. The lowest BCUT2D eigenvalue weighted by Crippen LogP contribution is -2.17. The molecule has 1 aromatic carbocycles. The zero-order valence-electron chi connectivity index (χ0n) is 7.56. The van der Waals surface area contributed by atoms with Crippen LogP contribution in [0.1, 0.15) is 5.56 Å². The molecule has 1 heteroatoms. The summed E-state index contributed by atoms with van der Waals surface area (Å²) in [4.78, 5) is 2.29. The first kappa shape index (κ1) is 8.11. The van der Waals surface area contributed by atoms with Crippen LogP contribution in [0.4, 0.5) is 0 Å². The smallest absolute Gasteiger partial charge is 0.0427 e. The predicted molar refractivity (Wildman–Crippen MR) is 55.1 cm³/mol. The zero-order chi connectivity index (χ0) is 8.93. The van der Waals surface area contributed by atoms with Crippen molar-refractivity contribution in [3.8, 4) is 0 Å². The van der Waals surface area contributed by atoms with Crippen molar-refractivity contribution in [3.63, 3.8) is 0 Å². The Morgan fingerprint density at radius 3 is 2.62 bits per heavy atom. The van der Waals surface area contributed by atoms with E-state index in [4.69, 9.17) is 0 Å². The third-order valence-corrected chi connectivity index (χ3v) is 2.11. The summed E-state index contributed by atoms with van der Waals surface area (Å²) in [5.41, 5.74) is 1.36. The van der Waals surface area contributed by atoms with Gasteiger partial charge >= 0.3 is 0 Å². The molecular formula is C12H13N. The molecule has 0 radical (unpaired) electrons. The molecule has 0 N–H and O–H groups in total. The van der Waals surface area contributed by atoms with Gasteiger partial charge < -0.3 is 4.90 Å². The molecule has 1 aromatic rings. The van der Waals surface area contributed by atoms with E-state index in [0.717, 1.165) is 13.1 Å². The minimum Gasteiger partial charge on any atom is -0.369 e. The lowest BCUT2D eigenvalue weighted by molar-refractivity contribution is 0.405. The van der Waals surface area contributed by atoms with Gasteiger partial charge in [0.1, 0.15) is 0 Å². The van der Waals surface area contributed by atoms with Gasteiger partial charge in [-0.05, 0) is 17.8 Å². The topological polar surface area (TPSA) is 3.24 Å². The molecule has 0 bridgehead atoms. The summed E-state index contributed by atoms with van der Waals surface area (Å²) < 4.78 is 0. The summed E-state index contributed by atoms with van der Waals surface area (Å²) in [6.07, 6.45) is 8.46. The van der Waals surface area contributed by atoms with E-state index in [9.17, 15) is 0 Å². The fourth-order valence-corrected chi connectivity index (χ4v) is 1.44. The van der Waals surface area contributed by atoms with Crippen LogP contribution in [0.25, 0.3) is 0 Å². The maximum Gasteiger partial charge on any atom is 0.0427 e. The van der Waals surface area contributed by atoms with Crippen LogP contribution in [0.5, 0.6) is 0 Å². The molecule has 0 aromatic heterocycles. The average Bonchev–Trinajstić information content (AvgIpc) is 2.21. The minimum atomic E-state index is 1.00. The fraction of sp³-hybridized carbons (Fsp3) is 0.167. The minimum absolute atomic E-state index is 1.00. The molecule has 0 unspecified atom stereocenters. The van der Waals surface area contributed by atoms with E-state index in [-0.39, 0.29) is 0 Å². The molecule has 0 saturated carbocycles. The predicted octanol–water partition coefficient (Wildman–Crippen LogP) is 2.57. The summed E-state index contributed by atoms with van der Waals surface area (Å²) in [5.74, 6) is 0. The molecular weight excluding hydrogens is 158 g/mol. The Kier molecular flexibility index (Phi) is 2.46. The Morgan fingerprint density at radius 1 is 1.08 bits per heavy atom. The van der Waals surface area contributed by atoms with Gasteiger partial charge in [-0.15, -0.1) is 0 Å². The lowest BCUT2D eigenvalue weighted by atomic mass is 10.2. The van der Waals surface area contributed by atoms with E-state index < -0.39 is 0 Å². The van der Waals surface area contributed by atoms with Crippen LogP contribution in [0, 0.1) is 0 Å². The molecule has 0 saturated heterocycles. The van der Waals surface area contributed by atoms with Gasteiger partial charge in [0.25, 0.3) is 0 Å². The van der Waals surface area contributed by atoms with Crippen molar-refractivity contribution in [2.24, 2.45) is 0 Å². The molecule has 1 aliphatic rings. The molecule has 0 amide bonds. The number of hydrogen-bond donors (Lipinski definition) is 0. The number of allylic oxidation sites excluding steroid dienone is 2. The maximum atomic E-state index is 2.29. The second-order valence-electron chi connectivity index (χ2n) is 3.18. The van der Waals surface area contributed by atoms with Gasteiger partial charge in [0, 0.05) is 13.1 Å². The second-order valence-corrected chi connectivity index (χ2v) is 3.18. The van der Waals surface area contributed by atoms with Crippen molar-refractivity contribution < 1.29 is 0 Å². The van der Waals surface area contributed by atoms with Gasteiger partial charge in [0.05, 0.1) is 0 Å². The van der Waals surface area contributed by atoms with Crippen molar-refractivity contribution in [3.05, 3.63) is 60.3 Å². The molecule has 1 aliphatic heterocycles. The van der Waals surface area contributed by atoms with Crippen LogP contribution in [-0.2, 0) is 6.54 Å². The Bertz CT molecular complexity index is 311. The van der Waals surface area contributed by atoms with Gasteiger partial charge in [-0.2, -0.15) is 0 Å². The molecule has 0 atom stereocenters. The second kappa shape index (κ2) is 3.94. The molecule has 13 heavy (non-hydrogen) atoms. The van der Waals surface area contributed by atoms with E-state index in [1.54, 1.807) is 0 Å². The Balaban J connectivity index is 1.99. The molecule has 0 fully saturated rings. The van der Waals surface area contributed by atoms with Gasteiger partial charge in [0.15, 0.2) is 0 Å². The van der Waals surface area contributed by atoms with E-state index in [2.05, 4.69) is 59.7 Å². The average molecular weight is 171 g/mol. The monoisotopic (exact) mass is 171 g/mol. The first-order valence-electron chi connectivity index (χ1n) is 4.56. The quantitative estimate of drug-likeness (QED) is 0.661. The standard InChI is InChI=1S/C12H13N/c1-3-7-12(8-4-1)11-13-9-5-2-6-10-13/h1-9H,10-11H2. The summed E-state index contributed by atoms with van der Waals surface area (Å²) >= 11 is 0. The van der Waals surface area contributed by atoms with Crippen molar-refractivity contribution >= 4 is 0 Å². The molecule has 1 nitrogen and oxygen atoms in total. The summed E-state index contributed by atoms with van der Waals surface area (Å²) in [6.45, 7) is 2.02. The van der Waals surface area contributed by atoms with Crippen LogP contribution in [0.3, 0.4) is 0 Å². The summed E-state index contributed by atoms with van der Waals surface area (Å²) in [6, 6.07) is 10.5. The van der Waals surface area contributed by atoms with Crippen molar-refractivity contribution in [2.45, 2.75) is 6.54 Å². The zero-order valence-corrected chi connectivity index (χ0v) is 7.56. The number of hydrogen-bond acceptors (Lipinski definition) is 1. The molecule has 2 rings (SSSR count). The summed E-state index contributed by atoms with van der Waals surface area (Å²) in [5, 5.41) is 0. The normalized spacial score (nSPS) is 14.9. The van der Waals surface area contributed by atoms with Gasteiger partial charge in [-0.25, -0.2) is 0 Å². The highest BCUT2D eigenvalue weighted by molar-refractivity contribution is 5.16. The van der Waals surface area contributed by atoms with Crippen LogP contribution in [-0.4, -0.2) is 11.4 Å². The van der Waals surface area contributed by atoms with E-state index >= 15 is 0 Å². The first-order valence-corrected chi connectivity index (χ1v) is 4.56. The maximum absolute atomic E-state index is 2.29. The molecule has 1 heterocycles. The Morgan fingerprint density at radius 2 is 1.92 bits per heavy atom. The molecule has 0 spiro atoms. The number of benzene rings is 1. The van der Waals surface area contributed by atoms with Crippen LogP contribution in [0.2, 0.25) is 0 Å². The van der Waals surface area contributed by atoms with Gasteiger partial charge in [-0.3, -0.25) is 0 Å². The Labute approximate surface area is 79.0 Å². The van der Waals surface area contributed by atoms with Gasteiger partial charge in [-0.1, -0.05) is 42.5 Å². The summed E-state index contributed by atoms with van der Waals surface area (Å²) in [7, 11) is 0. The van der Waals surface area contributed by atoms with Crippen LogP contribution < -0.4 is 0 Å². The van der Waals surface area contributed by atoms with Crippen molar-refractivity contribution in [1.29, 1.82) is 0 Å². The van der Waals surface area contributed by atoms with Crippen LogP contribution in [0.15, 0.2) is 54.8 Å². The highest BCUT2D eigenvalue weighted by Gasteiger charge is 1.99. The van der Waals surface area contributed by atoms with Crippen molar-refractivity contribution in [1.82, 2.24) is 4.90 Å². The largest absolute Gasteiger partial charge is 0.369 e. The third-order valence-electron chi connectivity index (χ3n) is 2.11. The fourth-order valence-electron chi connectivity index (χ4n) is 1.44. The number of rotatable bonds is 2. The van der Waals surface area contributed by atoms with Crippen LogP contribution >= 0.6 is 0 Å². The highest BCUT2D eigenvalue weighted by Crippen LogP contribution is 2.06. The van der Waals surface area contributed by atoms with E-state index in [1.165, 1.54) is 5.56 Å². The SMILES string of the molecule is C1=CCN(Cc2ccccc2)C=C1. The van der Waals surface area contributed by atoms with E-state index in [1.807, 2.05) is 0 Å². The molecule has 66 valence electrons. The van der Waals surface area contributed by atoms with Crippen molar-refractivity contribution in [2.75, 3.05) is 6.54 Å². The first-order chi connectivity index (χ1) is 6.45. The van der Waals surface area contributed by atoms with Gasteiger partial charge in [0.2, 0.25) is 0 Å². The molecule has 0 aliphatic carbocycles. The Hall–Kier alpha value is -1.50. The van der Waals surface area contributed by atoms with E-state index in [0.29, 0.717) is 0 Å².